The second kappa shape index (κ2) is 7.92. The van der Waals surface area contributed by atoms with Gasteiger partial charge in [0.05, 0.1) is 22.6 Å². The van der Waals surface area contributed by atoms with Crippen LogP contribution in [0.15, 0.2) is 53.4 Å². The van der Waals surface area contributed by atoms with E-state index in [2.05, 4.69) is 5.32 Å². The Bertz CT molecular complexity index is 900. The van der Waals surface area contributed by atoms with E-state index in [1.54, 1.807) is 31.2 Å². The van der Waals surface area contributed by atoms with E-state index in [0.29, 0.717) is 24.0 Å². The van der Waals surface area contributed by atoms with Crippen LogP contribution in [0.2, 0.25) is 0 Å². The number of hydrogen-bond donors (Lipinski definition) is 2. The van der Waals surface area contributed by atoms with Crippen molar-refractivity contribution in [3.05, 3.63) is 65.2 Å². The summed E-state index contributed by atoms with van der Waals surface area (Å²) in [5, 5.41) is 16.7. The molecule has 0 aliphatic rings. The van der Waals surface area contributed by atoms with Crippen molar-refractivity contribution < 1.29 is 13.2 Å². The minimum absolute atomic E-state index is 0.0173. The summed E-state index contributed by atoms with van der Waals surface area (Å²) in [7, 11) is -3.77. The smallest absolute Gasteiger partial charge is 0.238 e. The molecule has 0 aliphatic heterocycles. The monoisotopic (exact) mass is 357 g/mol. The lowest BCUT2D eigenvalue weighted by atomic mass is 10.1. The van der Waals surface area contributed by atoms with E-state index in [1.165, 1.54) is 12.1 Å². The van der Waals surface area contributed by atoms with Gasteiger partial charge in [0.25, 0.3) is 0 Å². The third kappa shape index (κ3) is 5.41. The Morgan fingerprint density at radius 3 is 2.52 bits per heavy atom. The fourth-order valence-corrected chi connectivity index (χ4v) is 2.93. The van der Waals surface area contributed by atoms with Crippen LogP contribution in [0.25, 0.3) is 0 Å². The number of sulfonamides is 1. The molecule has 3 N–H and O–H groups in total. The zero-order chi connectivity index (χ0) is 18.4. The van der Waals surface area contributed by atoms with E-state index in [9.17, 15) is 13.2 Å². The summed E-state index contributed by atoms with van der Waals surface area (Å²) in [6.45, 7) is 1.78. The number of benzene rings is 2. The quantitative estimate of drug-likeness (QED) is 0.823. The molecule has 2 rings (SSSR count). The Hall–Kier alpha value is -2.69. The zero-order valence-corrected chi connectivity index (χ0v) is 14.6. The maximum Gasteiger partial charge on any atom is 0.238 e. The molecule has 0 radical (unpaired) electrons. The lowest BCUT2D eigenvalue weighted by molar-refractivity contribution is -0.121. The van der Waals surface area contributed by atoms with Gasteiger partial charge in [-0.1, -0.05) is 24.3 Å². The maximum absolute atomic E-state index is 12.1. The Kier molecular flexibility index (Phi) is 5.91. The van der Waals surface area contributed by atoms with Crippen molar-refractivity contribution in [1.82, 2.24) is 5.32 Å². The number of primary sulfonamides is 1. The van der Waals surface area contributed by atoms with Crippen LogP contribution >= 0.6 is 0 Å². The van der Waals surface area contributed by atoms with Gasteiger partial charge in [-0.05, 0) is 48.7 Å². The van der Waals surface area contributed by atoms with E-state index in [-0.39, 0.29) is 16.8 Å². The lowest BCUT2D eigenvalue weighted by Crippen LogP contribution is -2.27. The van der Waals surface area contributed by atoms with E-state index >= 15 is 0 Å². The third-order valence-corrected chi connectivity index (χ3v) is 4.70. The Morgan fingerprint density at radius 2 is 1.92 bits per heavy atom. The predicted molar refractivity (Wildman–Crippen MR) is 93.9 cm³/mol. The molecule has 1 atom stereocenters. The van der Waals surface area contributed by atoms with Gasteiger partial charge >= 0.3 is 0 Å². The summed E-state index contributed by atoms with van der Waals surface area (Å²) in [4.78, 5) is 12.1. The fourth-order valence-electron chi connectivity index (χ4n) is 2.36. The molecule has 0 fully saturated rings. The fraction of sp³-hybridized carbons (Fsp3) is 0.222. The minimum atomic E-state index is -3.77. The molecule has 130 valence electrons. The van der Waals surface area contributed by atoms with E-state index < -0.39 is 10.0 Å². The van der Waals surface area contributed by atoms with Crippen molar-refractivity contribution in [1.29, 1.82) is 5.26 Å². The van der Waals surface area contributed by atoms with E-state index in [0.717, 1.165) is 5.56 Å². The van der Waals surface area contributed by atoms with Crippen LogP contribution in [-0.4, -0.2) is 14.3 Å². The highest BCUT2D eigenvalue weighted by atomic mass is 32.2. The van der Waals surface area contributed by atoms with Gasteiger partial charge in [0, 0.05) is 6.42 Å². The molecular weight excluding hydrogens is 338 g/mol. The van der Waals surface area contributed by atoms with Gasteiger partial charge in [0.15, 0.2) is 0 Å². The molecule has 0 aromatic heterocycles. The van der Waals surface area contributed by atoms with Crippen molar-refractivity contribution in [2.75, 3.05) is 0 Å². The molecule has 1 amide bonds. The van der Waals surface area contributed by atoms with Gasteiger partial charge in [0.1, 0.15) is 0 Å². The highest BCUT2D eigenvalue weighted by molar-refractivity contribution is 7.89. The highest BCUT2D eigenvalue weighted by Gasteiger charge is 2.13. The van der Waals surface area contributed by atoms with Gasteiger partial charge in [-0.3, -0.25) is 4.79 Å². The second-order valence-corrected chi connectivity index (χ2v) is 7.28. The van der Waals surface area contributed by atoms with Crippen molar-refractivity contribution >= 4 is 15.9 Å². The Morgan fingerprint density at radius 1 is 1.24 bits per heavy atom. The summed E-state index contributed by atoms with van der Waals surface area (Å²) in [6.07, 6.45) is 0.854. The molecule has 0 heterocycles. The number of hydrogen-bond acceptors (Lipinski definition) is 4. The molecular formula is C18H19N3O3S. The number of amides is 1. The number of aryl methyl sites for hydroxylation is 1. The minimum Gasteiger partial charge on any atom is -0.350 e. The first-order chi connectivity index (χ1) is 11.8. The average molecular weight is 357 g/mol. The van der Waals surface area contributed by atoms with Crippen LogP contribution in [0.5, 0.6) is 0 Å². The number of rotatable bonds is 6. The van der Waals surface area contributed by atoms with Crippen LogP contribution in [0.1, 0.15) is 36.1 Å². The lowest BCUT2D eigenvalue weighted by Gasteiger charge is -2.15. The van der Waals surface area contributed by atoms with Crippen LogP contribution in [-0.2, 0) is 21.2 Å². The summed E-state index contributed by atoms with van der Waals surface area (Å²) >= 11 is 0. The summed E-state index contributed by atoms with van der Waals surface area (Å²) in [5.41, 5.74) is 2.22. The third-order valence-electron chi connectivity index (χ3n) is 3.79. The topological polar surface area (TPSA) is 113 Å². The SMILES string of the molecule is CC(NC(=O)CCc1ccc(C#N)cc1)c1cccc(S(N)(=O)=O)c1. The van der Waals surface area contributed by atoms with Gasteiger partial charge in [-0.15, -0.1) is 0 Å². The molecule has 0 spiro atoms. The Labute approximate surface area is 147 Å². The van der Waals surface area contributed by atoms with E-state index in [4.69, 9.17) is 10.4 Å². The molecule has 25 heavy (non-hydrogen) atoms. The van der Waals surface area contributed by atoms with Crippen molar-refractivity contribution in [3.8, 4) is 6.07 Å². The largest absolute Gasteiger partial charge is 0.350 e. The first-order valence-electron chi connectivity index (χ1n) is 7.71. The number of carbonyl (C=O) groups excluding carboxylic acids is 1. The Balaban J connectivity index is 1.94. The van der Waals surface area contributed by atoms with Gasteiger partial charge in [0.2, 0.25) is 15.9 Å². The summed E-state index contributed by atoms with van der Waals surface area (Å²) in [6, 6.07) is 15.0. The maximum atomic E-state index is 12.1. The summed E-state index contributed by atoms with van der Waals surface area (Å²) < 4.78 is 22.8. The molecule has 0 bridgehead atoms. The van der Waals surface area contributed by atoms with E-state index in [1.807, 2.05) is 18.2 Å². The zero-order valence-electron chi connectivity index (χ0n) is 13.8. The van der Waals surface area contributed by atoms with Crippen LogP contribution in [0.3, 0.4) is 0 Å². The molecule has 7 heteroatoms. The number of nitriles is 1. The first-order valence-corrected chi connectivity index (χ1v) is 9.25. The molecule has 0 aliphatic carbocycles. The predicted octanol–water partition coefficient (Wildman–Crippen LogP) is 2.02. The number of carbonyl (C=O) groups is 1. The van der Waals surface area contributed by atoms with Crippen molar-refractivity contribution in [2.24, 2.45) is 5.14 Å². The van der Waals surface area contributed by atoms with Crippen LogP contribution < -0.4 is 10.5 Å². The van der Waals surface area contributed by atoms with Gasteiger partial charge in [-0.2, -0.15) is 5.26 Å². The van der Waals surface area contributed by atoms with Crippen molar-refractivity contribution in [3.63, 3.8) is 0 Å². The molecule has 0 saturated heterocycles. The highest BCUT2D eigenvalue weighted by Crippen LogP contribution is 2.17. The molecule has 1 unspecified atom stereocenters. The molecule has 0 saturated carbocycles. The molecule has 2 aromatic rings. The van der Waals surface area contributed by atoms with Crippen LogP contribution in [0.4, 0.5) is 0 Å². The number of nitrogens with one attached hydrogen (secondary N) is 1. The molecule has 6 nitrogen and oxygen atoms in total. The summed E-state index contributed by atoms with van der Waals surface area (Å²) in [5.74, 6) is -0.141. The van der Waals surface area contributed by atoms with Crippen molar-refractivity contribution in [2.45, 2.75) is 30.7 Å². The van der Waals surface area contributed by atoms with Crippen LogP contribution in [0, 0.1) is 11.3 Å². The van der Waals surface area contributed by atoms with Gasteiger partial charge in [-0.25, -0.2) is 13.6 Å². The second-order valence-electron chi connectivity index (χ2n) is 5.72. The average Bonchev–Trinajstić information content (AvgIpc) is 2.59. The van der Waals surface area contributed by atoms with Gasteiger partial charge < -0.3 is 5.32 Å². The first kappa shape index (κ1) is 18.6. The number of nitrogens with two attached hydrogens (primary N) is 1. The normalized spacial score (nSPS) is 12.2. The number of nitrogens with zero attached hydrogens (tertiary/aromatic N) is 1. The molecule has 2 aromatic carbocycles. The standard InChI is InChI=1S/C18H19N3O3S/c1-13(16-3-2-4-17(11-16)25(20,23)24)21-18(22)10-9-14-5-7-15(12-19)8-6-14/h2-8,11,13H,9-10H2,1H3,(H,21,22)(H2,20,23,24).